The maximum Gasteiger partial charge on any atom is 0.331 e. The Balaban J connectivity index is 1.86. The van der Waals surface area contributed by atoms with Crippen molar-refractivity contribution in [1.82, 2.24) is 10.9 Å². The van der Waals surface area contributed by atoms with Crippen molar-refractivity contribution in [2.75, 3.05) is 13.7 Å². The molecule has 2 aromatic rings. The van der Waals surface area contributed by atoms with Crippen molar-refractivity contribution in [1.29, 1.82) is 0 Å². The molecule has 2 rings (SSSR count). The Kier molecular flexibility index (Phi) is 8.43. The molecule has 0 aliphatic heterocycles. The maximum absolute atomic E-state index is 12.0. The Morgan fingerprint density at radius 1 is 1.03 bits per heavy atom. The number of ether oxygens (including phenoxy) is 3. The first-order valence-corrected chi connectivity index (χ1v) is 9.29. The number of methoxy groups -OCH3 is 1. The predicted molar refractivity (Wildman–Crippen MR) is 111 cm³/mol. The van der Waals surface area contributed by atoms with Gasteiger partial charge >= 0.3 is 5.97 Å². The molecule has 2 N–H and O–H groups in total. The lowest BCUT2D eigenvalue weighted by molar-refractivity contribution is -0.150. The van der Waals surface area contributed by atoms with Crippen molar-refractivity contribution < 1.29 is 28.6 Å². The number of benzene rings is 2. The minimum atomic E-state index is -1.10. The Bertz CT molecular complexity index is 911. The first-order chi connectivity index (χ1) is 14.4. The third-order valence-corrected chi connectivity index (χ3v) is 3.90. The molecule has 0 saturated carbocycles. The Labute approximate surface area is 174 Å². The van der Waals surface area contributed by atoms with Crippen LogP contribution < -0.4 is 20.3 Å². The summed E-state index contributed by atoms with van der Waals surface area (Å²) in [6.07, 6.45) is 1.62. The molecule has 0 unspecified atom stereocenters. The van der Waals surface area contributed by atoms with Gasteiger partial charge in [0.25, 0.3) is 11.8 Å². The maximum atomic E-state index is 12.0. The molecule has 0 bridgehead atoms. The smallest absolute Gasteiger partial charge is 0.331 e. The van der Waals surface area contributed by atoms with Gasteiger partial charge in [-0.05, 0) is 49.8 Å². The van der Waals surface area contributed by atoms with Crippen LogP contribution in [0.3, 0.4) is 0 Å². The molecule has 0 radical (unpaired) electrons. The first-order valence-electron chi connectivity index (χ1n) is 9.29. The molecule has 2 aromatic carbocycles. The third-order valence-electron chi connectivity index (χ3n) is 3.90. The number of amides is 2. The van der Waals surface area contributed by atoms with Gasteiger partial charge < -0.3 is 14.2 Å². The molecular formula is C22H24N2O6. The van der Waals surface area contributed by atoms with Gasteiger partial charge in [0, 0.05) is 11.6 Å². The molecule has 30 heavy (non-hydrogen) atoms. The Morgan fingerprint density at radius 2 is 1.77 bits per heavy atom. The first kappa shape index (κ1) is 22.5. The van der Waals surface area contributed by atoms with E-state index in [1.54, 1.807) is 48.5 Å². The van der Waals surface area contributed by atoms with Gasteiger partial charge in [-0.25, -0.2) is 4.79 Å². The van der Waals surface area contributed by atoms with E-state index in [1.165, 1.54) is 26.2 Å². The van der Waals surface area contributed by atoms with Crippen LogP contribution in [0.4, 0.5) is 0 Å². The molecule has 158 valence electrons. The summed E-state index contributed by atoms with van der Waals surface area (Å²) in [4.78, 5) is 35.9. The second-order valence-corrected chi connectivity index (χ2v) is 6.07. The summed E-state index contributed by atoms with van der Waals surface area (Å²) in [6.45, 7) is 3.77. The number of nitrogens with one attached hydrogen (secondary N) is 2. The van der Waals surface area contributed by atoms with Crippen LogP contribution in [-0.4, -0.2) is 37.6 Å². The Hall–Kier alpha value is -3.81. The van der Waals surface area contributed by atoms with Gasteiger partial charge in [-0.1, -0.05) is 24.3 Å². The van der Waals surface area contributed by atoms with Crippen LogP contribution in [0.25, 0.3) is 6.08 Å². The fraction of sp³-hybridized carbons (Fsp3) is 0.227. The summed E-state index contributed by atoms with van der Waals surface area (Å²) in [7, 11) is 1.52. The third kappa shape index (κ3) is 6.66. The molecule has 8 heteroatoms. The largest absolute Gasteiger partial charge is 0.493 e. The van der Waals surface area contributed by atoms with Gasteiger partial charge in [0.2, 0.25) is 0 Å². The number of rotatable bonds is 8. The second kappa shape index (κ2) is 11.3. The number of hydrazine groups is 1. The van der Waals surface area contributed by atoms with E-state index < -0.39 is 23.9 Å². The van der Waals surface area contributed by atoms with Crippen LogP contribution in [0, 0.1) is 0 Å². The predicted octanol–water partition coefficient (Wildman–Crippen LogP) is 2.50. The molecular weight excluding hydrogens is 388 g/mol. The van der Waals surface area contributed by atoms with E-state index in [9.17, 15) is 14.4 Å². The minimum Gasteiger partial charge on any atom is -0.493 e. The number of hydrogen-bond donors (Lipinski definition) is 2. The van der Waals surface area contributed by atoms with Crippen molar-refractivity contribution in [3.8, 4) is 11.5 Å². The molecule has 0 heterocycles. The van der Waals surface area contributed by atoms with Crippen molar-refractivity contribution in [3.63, 3.8) is 0 Å². The van der Waals surface area contributed by atoms with Crippen molar-refractivity contribution >= 4 is 23.9 Å². The molecule has 1 atom stereocenters. The SMILES string of the molecule is CCOc1ccc(/C=C/C(=O)O[C@H](C)C(=O)NNC(=O)c2ccccc2)cc1OC. The summed E-state index contributed by atoms with van der Waals surface area (Å²) in [6, 6.07) is 13.6. The number of carbonyl (C=O) groups is 3. The van der Waals surface area contributed by atoms with Crippen molar-refractivity contribution in [3.05, 3.63) is 65.7 Å². The molecule has 2 amide bonds. The lowest BCUT2D eigenvalue weighted by Gasteiger charge is -2.13. The van der Waals surface area contributed by atoms with Gasteiger partial charge in [-0.2, -0.15) is 0 Å². The topological polar surface area (TPSA) is 103 Å². The molecule has 0 spiro atoms. The van der Waals surface area contributed by atoms with E-state index in [0.29, 0.717) is 29.2 Å². The van der Waals surface area contributed by atoms with Crippen LogP contribution in [-0.2, 0) is 14.3 Å². The van der Waals surface area contributed by atoms with Gasteiger partial charge in [-0.15, -0.1) is 0 Å². The van der Waals surface area contributed by atoms with E-state index in [0.717, 1.165) is 0 Å². The fourth-order valence-corrected chi connectivity index (χ4v) is 2.38. The summed E-state index contributed by atoms with van der Waals surface area (Å²) < 4.78 is 15.7. The molecule has 0 aliphatic rings. The summed E-state index contributed by atoms with van der Waals surface area (Å²) >= 11 is 0. The van der Waals surface area contributed by atoms with E-state index in [-0.39, 0.29) is 0 Å². The van der Waals surface area contributed by atoms with Gasteiger partial charge in [-0.3, -0.25) is 20.4 Å². The number of carbonyl (C=O) groups excluding carboxylic acids is 3. The monoisotopic (exact) mass is 412 g/mol. The zero-order valence-electron chi connectivity index (χ0n) is 17.0. The number of esters is 1. The highest BCUT2D eigenvalue weighted by Gasteiger charge is 2.17. The highest BCUT2D eigenvalue weighted by atomic mass is 16.5. The molecule has 0 fully saturated rings. The highest BCUT2D eigenvalue weighted by molar-refractivity contribution is 5.96. The van der Waals surface area contributed by atoms with Crippen molar-refractivity contribution in [2.24, 2.45) is 0 Å². The molecule has 0 aliphatic carbocycles. The summed E-state index contributed by atoms with van der Waals surface area (Å²) in [5.41, 5.74) is 5.57. The lowest BCUT2D eigenvalue weighted by atomic mass is 10.2. The molecule has 8 nitrogen and oxygen atoms in total. The average Bonchev–Trinajstić information content (AvgIpc) is 2.77. The standard InChI is InChI=1S/C22H24N2O6/c1-4-29-18-12-10-16(14-19(18)28-3)11-13-20(25)30-15(2)21(26)23-24-22(27)17-8-6-5-7-9-17/h5-15H,4H2,1-3H3,(H,23,26)(H,24,27)/b13-11+/t15-/m1/s1. The van der Waals surface area contributed by atoms with Gasteiger partial charge in [0.1, 0.15) is 0 Å². The summed E-state index contributed by atoms with van der Waals surface area (Å²) in [5.74, 6) is -0.715. The van der Waals surface area contributed by atoms with Crippen LogP contribution in [0.1, 0.15) is 29.8 Å². The van der Waals surface area contributed by atoms with Crippen LogP contribution in [0.5, 0.6) is 11.5 Å². The van der Waals surface area contributed by atoms with Crippen LogP contribution in [0.15, 0.2) is 54.6 Å². The van der Waals surface area contributed by atoms with E-state index in [2.05, 4.69) is 10.9 Å². The normalized spacial score (nSPS) is 11.4. The van der Waals surface area contributed by atoms with E-state index in [1.807, 2.05) is 6.92 Å². The quantitative estimate of drug-likeness (QED) is 0.392. The zero-order chi connectivity index (χ0) is 21.9. The fourth-order valence-electron chi connectivity index (χ4n) is 2.38. The lowest BCUT2D eigenvalue weighted by Crippen LogP contribution is -2.46. The van der Waals surface area contributed by atoms with Crippen molar-refractivity contribution in [2.45, 2.75) is 20.0 Å². The van der Waals surface area contributed by atoms with Gasteiger partial charge in [0.15, 0.2) is 17.6 Å². The second-order valence-electron chi connectivity index (χ2n) is 6.07. The minimum absolute atomic E-state index is 0.385. The Morgan fingerprint density at radius 3 is 2.43 bits per heavy atom. The zero-order valence-corrected chi connectivity index (χ0v) is 17.0. The average molecular weight is 412 g/mol. The highest BCUT2D eigenvalue weighted by Crippen LogP contribution is 2.28. The van der Waals surface area contributed by atoms with E-state index >= 15 is 0 Å². The number of hydrogen-bond acceptors (Lipinski definition) is 6. The summed E-state index contributed by atoms with van der Waals surface area (Å²) in [5, 5.41) is 0. The van der Waals surface area contributed by atoms with E-state index in [4.69, 9.17) is 14.2 Å². The van der Waals surface area contributed by atoms with Crippen LogP contribution in [0.2, 0.25) is 0 Å². The molecule has 0 saturated heterocycles. The molecule has 0 aromatic heterocycles. The van der Waals surface area contributed by atoms with Gasteiger partial charge in [0.05, 0.1) is 13.7 Å². The van der Waals surface area contributed by atoms with Crippen LogP contribution >= 0.6 is 0 Å².